The first kappa shape index (κ1) is 14.9. The summed E-state index contributed by atoms with van der Waals surface area (Å²) in [6, 6.07) is 6.42. The molecule has 0 aliphatic carbocycles. The summed E-state index contributed by atoms with van der Waals surface area (Å²) in [5.41, 5.74) is 0.457. The first-order valence-electron chi connectivity index (χ1n) is 5.13. The Morgan fingerprint density at radius 3 is 1.89 bits per heavy atom. The monoisotopic (exact) mass is 412 g/mol. The molecule has 1 unspecified atom stereocenters. The number of hydrogen-bond donors (Lipinski definition) is 0. The van der Waals surface area contributed by atoms with Gasteiger partial charge in [-0.3, -0.25) is 0 Å². The third-order valence-corrected chi connectivity index (χ3v) is 3.89. The maximum atomic E-state index is 13.7. The fourth-order valence-electron chi connectivity index (χ4n) is 1.63. The molecule has 0 bridgehead atoms. The van der Waals surface area contributed by atoms with Crippen molar-refractivity contribution in [1.82, 2.24) is 0 Å². The van der Waals surface area contributed by atoms with E-state index in [1.54, 1.807) is 18.2 Å². The van der Waals surface area contributed by atoms with Crippen molar-refractivity contribution in [2.45, 2.75) is 5.38 Å². The Hall–Kier alpha value is -0.520. The molecule has 0 saturated heterocycles. The molecule has 0 aliphatic heterocycles. The predicted octanol–water partition coefficient (Wildman–Crippen LogP) is 5.96. The molecule has 2 aromatic carbocycles. The second-order valence-corrected chi connectivity index (χ2v) is 6.12. The highest BCUT2D eigenvalue weighted by atomic mass is 79.9. The van der Waals surface area contributed by atoms with E-state index in [4.69, 9.17) is 11.6 Å². The molecule has 0 amide bonds. The first-order chi connectivity index (χ1) is 8.88. The van der Waals surface area contributed by atoms with Gasteiger partial charge in [0.25, 0.3) is 0 Å². The van der Waals surface area contributed by atoms with E-state index in [0.29, 0.717) is 11.6 Å². The van der Waals surface area contributed by atoms with Crippen LogP contribution >= 0.6 is 43.5 Å². The van der Waals surface area contributed by atoms with Crippen LogP contribution in [0.15, 0.2) is 39.3 Å². The number of hydrogen-bond acceptors (Lipinski definition) is 0. The largest absolute Gasteiger partial charge is 0.207 e. The van der Waals surface area contributed by atoms with Crippen molar-refractivity contribution >= 4 is 43.5 Å². The van der Waals surface area contributed by atoms with Gasteiger partial charge in [-0.15, -0.1) is 11.6 Å². The molecule has 0 saturated carbocycles. The number of alkyl halides is 1. The zero-order chi connectivity index (χ0) is 14.2. The van der Waals surface area contributed by atoms with Crippen molar-refractivity contribution < 1.29 is 13.2 Å². The van der Waals surface area contributed by atoms with Crippen LogP contribution in [0.1, 0.15) is 16.5 Å². The van der Waals surface area contributed by atoms with Gasteiger partial charge < -0.3 is 0 Å². The highest BCUT2D eigenvalue weighted by molar-refractivity contribution is 9.11. The van der Waals surface area contributed by atoms with Gasteiger partial charge in [-0.2, -0.15) is 0 Å². The van der Waals surface area contributed by atoms with Crippen molar-refractivity contribution in [3.8, 4) is 0 Å². The maximum Gasteiger partial charge on any atom is 0.161 e. The van der Waals surface area contributed by atoms with Crippen LogP contribution in [-0.4, -0.2) is 0 Å². The molecule has 6 heteroatoms. The minimum Gasteiger partial charge on any atom is -0.207 e. The number of halogens is 6. The van der Waals surface area contributed by atoms with Gasteiger partial charge in [0.1, 0.15) is 5.82 Å². The van der Waals surface area contributed by atoms with E-state index in [1.165, 1.54) is 0 Å². The van der Waals surface area contributed by atoms with Crippen LogP contribution < -0.4 is 0 Å². The summed E-state index contributed by atoms with van der Waals surface area (Å²) in [5, 5.41) is -0.913. The number of benzene rings is 2. The van der Waals surface area contributed by atoms with E-state index in [2.05, 4.69) is 31.9 Å². The highest BCUT2D eigenvalue weighted by Gasteiger charge is 2.19. The highest BCUT2D eigenvalue weighted by Crippen LogP contribution is 2.34. The lowest BCUT2D eigenvalue weighted by atomic mass is 10.0. The Kier molecular flexibility index (Phi) is 4.58. The van der Waals surface area contributed by atoms with Crippen LogP contribution in [0.2, 0.25) is 0 Å². The molecule has 0 heterocycles. The van der Waals surface area contributed by atoms with Gasteiger partial charge in [-0.1, -0.05) is 31.9 Å². The maximum absolute atomic E-state index is 13.7. The lowest BCUT2D eigenvalue weighted by molar-refractivity contribution is 0.490. The van der Waals surface area contributed by atoms with Crippen molar-refractivity contribution in [2.75, 3.05) is 0 Å². The summed E-state index contributed by atoms with van der Waals surface area (Å²) < 4.78 is 41.2. The van der Waals surface area contributed by atoms with Crippen LogP contribution in [0, 0.1) is 17.5 Å². The van der Waals surface area contributed by atoms with Gasteiger partial charge in [0.2, 0.25) is 0 Å². The second-order valence-electron chi connectivity index (χ2n) is 3.85. The van der Waals surface area contributed by atoms with E-state index in [0.717, 1.165) is 15.0 Å². The van der Waals surface area contributed by atoms with Crippen LogP contribution in [0.25, 0.3) is 0 Å². The molecule has 0 radical (unpaired) electrons. The molecule has 100 valence electrons. The third-order valence-electron chi connectivity index (χ3n) is 2.49. The summed E-state index contributed by atoms with van der Waals surface area (Å²) in [7, 11) is 0. The molecule has 0 aromatic heterocycles. The lowest BCUT2D eigenvalue weighted by Crippen LogP contribution is -2.00. The molecule has 0 aliphatic rings. The smallest absolute Gasteiger partial charge is 0.161 e. The molecular formula is C13H6Br2ClF3. The van der Waals surface area contributed by atoms with E-state index in [-0.39, 0.29) is 5.56 Å². The van der Waals surface area contributed by atoms with Gasteiger partial charge in [-0.05, 0) is 29.8 Å². The third kappa shape index (κ3) is 3.33. The summed E-state index contributed by atoms with van der Waals surface area (Å²) >= 11 is 12.7. The van der Waals surface area contributed by atoms with Crippen LogP contribution in [0.3, 0.4) is 0 Å². The molecule has 0 N–H and O–H groups in total. The fourth-order valence-corrected chi connectivity index (χ4v) is 3.26. The summed E-state index contributed by atoms with van der Waals surface area (Å²) in [6.07, 6.45) is 0. The molecule has 2 rings (SSSR count). The van der Waals surface area contributed by atoms with Gasteiger partial charge in [0, 0.05) is 20.6 Å². The quantitative estimate of drug-likeness (QED) is 0.420. The summed E-state index contributed by atoms with van der Waals surface area (Å²) in [5.74, 6) is -3.24. The summed E-state index contributed by atoms with van der Waals surface area (Å²) in [4.78, 5) is 0. The Balaban J connectivity index is 2.49. The predicted molar refractivity (Wildman–Crippen MR) is 75.9 cm³/mol. The van der Waals surface area contributed by atoms with Crippen LogP contribution in [0.4, 0.5) is 13.2 Å². The minimum absolute atomic E-state index is 0.106. The molecular weight excluding hydrogens is 408 g/mol. The first-order valence-corrected chi connectivity index (χ1v) is 7.15. The van der Waals surface area contributed by atoms with Crippen molar-refractivity contribution in [2.24, 2.45) is 0 Å². The van der Waals surface area contributed by atoms with Gasteiger partial charge >= 0.3 is 0 Å². The Bertz CT molecular complexity index is 611. The zero-order valence-electron chi connectivity index (χ0n) is 9.23. The van der Waals surface area contributed by atoms with E-state index in [1.807, 2.05) is 0 Å². The lowest BCUT2D eigenvalue weighted by Gasteiger charge is -2.13. The number of rotatable bonds is 2. The van der Waals surface area contributed by atoms with E-state index < -0.39 is 22.8 Å². The Labute approximate surface area is 129 Å². The van der Waals surface area contributed by atoms with Gasteiger partial charge in [-0.25, -0.2) is 13.2 Å². The molecule has 0 nitrogen and oxygen atoms in total. The van der Waals surface area contributed by atoms with E-state index in [9.17, 15) is 13.2 Å². The fraction of sp³-hybridized carbons (Fsp3) is 0.0769. The second kappa shape index (κ2) is 5.85. The minimum atomic E-state index is -1.24. The van der Waals surface area contributed by atoms with Gasteiger partial charge in [0.05, 0.1) is 5.38 Å². The van der Waals surface area contributed by atoms with Crippen molar-refractivity contribution in [1.29, 1.82) is 0 Å². The average molecular weight is 414 g/mol. The normalized spacial score (nSPS) is 12.5. The molecule has 2 aromatic rings. The topological polar surface area (TPSA) is 0 Å². The molecule has 0 fully saturated rings. The van der Waals surface area contributed by atoms with Gasteiger partial charge in [0.15, 0.2) is 11.6 Å². The van der Waals surface area contributed by atoms with E-state index >= 15 is 0 Å². The SMILES string of the molecule is Fc1cc(F)c(C(Cl)c2cc(Br)cc(Br)c2)cc1F. The van der Waals surface area contributed by atoms with Crippen LogP contribution in [0.5, 0.6) is 0 Å². The van der Waals surface area contributed by atoms with Crippen LogP contribution in [-0.2, 0) is 0 Å². The molecule has 1 atom stereocenters. The Morgan fingerprint density at radius 2 is 1.32 bits per heavy atom. The van der Waals surface area contributed by atoms with Crippen molar-refractivity contribution in [3.05, 3.63) is 67.9 Å². The molecule has 0 spiro atoms. The van der Waals surface area contributed by atoms with Crippen molar-refractivity contribution in [3.63, 3.8) is 0 Å². The average Bonchev–Trinajstić information content (AvgIpc) is 2.31. The standard InChI is InChI=1S/C13H6Br2ClF3/c14-7-1-6(2-8(15)3-7)13(16)9-4-11(18)12(19)5-10(9)17/h1-5,13H. The molecule has 19 heavy (non-hydrogen) atoms. The zero-order valence-corrected chi connectivity index (χ0v) is 13.2. The Morgan fingerprint density at radius 1 is 0.789 bits per heavy atom. The summed E-state index contributed by atoms with van der Waals surface area (Å²) in [6.45, 7) is 0.